The lowest BCUT2D eigenvalue weighted by molar-refractivity contribution is -0.105. The van der Waals surface area contributed by atoms with Gasteiger partial charge in [0, 0.05) is 18.6 Å². The zero-order valence-corrected chi connectivity index (χ0v) is 9.57. The summed E-state index contributed by atoms with van der Waals surface area (Å²) in [6.07, 6.45) is 2.43. The van der Waals surface area contributed by atoms with Crippen LogP contribution in [0.3, 0.4) is 0 Å². The number of para-hydroxylation sites is 2. The van der Waals surface area contributed by atoms with E-state index in [0.717, 1.165) is 16.5 Å². The molecule has 0 aliphatic heterocycles. The molecule has 2 aromatic rings. The normalized spacial score (nSPS) is 9.81. The topological polar surface area (TPSA) is 45.2 Å². The maximum atomic E-state index is 10.5. The molecule has 1 N–H and O–H groups in total. The number of carbonyl (C=O) groups excluding carboxylic acids is 1. The Balaban J connectivity index is 2.35. The summed E-state index contributed by atoms with van der Waals surface area (Å²) >= 11 is 1.55. The van der Waals surface area contributed by atoms with E-state index < -0.39 is 0 Å². The van der Waals surface area contributed by atoms with Crippen LogP contribution >= 0.6 is 11.3 Å². The molecule has 1 amide bonds. The van der Waals surface area contributed by atoms with Crippen molar-refractivity contribution < 1.29 is 4.79 Å². The van der Waals surface area contributed by atoms with Crippen LogP contribution in [0.5, 0.6) is 0 Å². The molecular weight excluding hydrogens is 222 g/mol. The summed E-state index contributed by atoms with van der Waals surface area (Å²) in [4.78, 5) is 16.7. The van der Waals surface area contributed by atoms with Crippen LogP contribution in [0.4, 0.5) is 16.5 Å². The average molecular weight is 233 g/mol. The maximum absolute atomic E-state index is 10.5. The van der Waals surface area contributed by atoms with Gasteiger partial charge in [-0.2, -0.15) is 0 Å². The van der Waals surface area contributed by atoms with Gasteiger partial charge in [-0.15, -0.1) is 11.3 Å². The summed E-state index contributed by atoms with van der Waals surface area (Å²) < 4.78 is 0. The number of nitrogens with zero attached hydrogens (tertiary/aromatic N) is 2. The molecule has 0 saturated carbocycles. The molecule has 16 heavy (non-hydrogen) atoms. The molecule has 0 spiro atoms. The number of carbonyl (C=O) groups is 1. The number of amides is 1. The number of anilines is 3. The minimum atomic E-state index is 0.675. The number of hydrogen-bond acceptors (Lipinski definition) is 4. The molecular formula is C11H11N3OS. The fourth-order valence-corrected chi connectivity index (χ4v) is 2.06. The van der Waals surface area contributed by atoms with Gasteiger partial charge in [0.2, 0.25) is 6.41 Å². The summed E-state index contributed by atoms with van der Waals surface area (Å²) in [6, 6.07) is 7.60. The SMILES string of the molecule is CN(c1nccs1)c1ccccc1NC=O. The van der Waals surface area contributed by atoms with Crippen molar-refractivity contribution in [3.8, 4) is 0 Å². The fourth-order valence-electron chi connectivity index (χ4n) is 1.44. The summed E-state index contributed by atoms with van der Waals surface area (Å²) in [5.41, 5.74) is 1.69. The lowest BCUT2D eigenvalue weighted by Gasteiger charge is -2.18. The predicted octanol–water partition coefficient (Wildman–Crippen LogP) is 2.48. The molecule has 4 nitrogen and oxygen atoms in total. The highest BCUT2D eigenvalue weighted by Gasteiger charge is 2.09. The van der Waals surface area contributed by atoms with Crippen molar-refractivity contribution in [2.75, 3.05) is 17.3 Å². The van der Waals surface area contributed by atoms with E-state index in [0.29, 0.717) is 6.41 Å². The molecule has 0 aliphatic carbocycles. The average Bonchev–Trinajstić information content (AvgIpc) is 2.83. The van der Waals surface area contributed by atoms with Gasteiger partial charge in [-0.3, -0.25) is 4.79 Å². The van der Waals surface area contributed by atoms with Crippen molar-refractivity contribution in [1.82, 2.24) is 4.98 Å². The zero-order valence-electron chi connectivity index (χ0n) is 8.75. The lowest BCUT2D eigenvalue weighted by atomic mass is 10.2. The quantitative estimate of drug-likeness (QED) is 0.825. The fraction of sp³-hybridized carbons (Fsp3) is 0.0909. The Kier molecular flexibility index (Phi) is 3.16. The van der Waals surface area contributed by atoms with E-state index in [4.69, 9.17) is 0 Å². The smallest absolute Gasteiger partial charge is 0.211 e. The highest BCUT2D eigenvalue weighted by molar-refractivity contribution is 7.13. The van der Waals surface area contributed by atoms with Crippen LogP contribution < -0.4 is 10.2 Å². The van der Waals surface area contributed by atoms with Gasteiger partial charge < -0.3 is 10.2 Å². The summed E-state index contributed by atoms with van der Waals surface area (Å²) in [6.45, 7) is 0. The molecule has 5 heteroatoms. The standard InChI is InChI=1S/C11H11N3OS/c1-14(11-12-6-7-16-11)10-5-3-2-4-9(10)13-8-15/h2-8H,1H3,(H,13,15). The minimum Gasteiger partial charge on any atom is -0.327 e. The third-order valence-corrected chi connectivity index (χ3v) is 3.03. The van der Waals surface area contributed by atoms with Gasteiger partial charge in [-0.1, -0.05) is 12.1 Å². The van der Waals surface area contributed by atoms with Crippen LogP contribution in [-0.2, 0) is 4.79 Å². The molecule has 0 bridgehead atoms. The van der Waals surface area contributed by atoms with Gasteiger partial charge in [0.25, 0.3) is 0 Å². The number of benzene rings is 1. The Morgan fingerprint density at radius 2 is 2.25 bits per heavy atom. The van der Waals surface area contributed by atoms with Gasteiger partial charge in [-0.25, -0.2) is 4.98 Å². The van der Waals surface area contributed by atoms with E-state index >= 15 is 0 Å². The number of nitrogens with one attached hydrogen (secondary N) is 1. The van der Waals surface area contributed by atoms with Crippen molar-refractivity contribution in [1.29, 1.82) is 0 Å². The van der Waals surface area contributed by atoms with E-state index in [2.05, 4.69) is 10.3 Å². The van der Waals surface area contributed by atoms with E-state index in [1.54, 1.807) is 17.5 Å². The van der Waals surface area contributed by atoms with Crippen molar-refractivity contribution in [3.63, 3.8) is 0 Å². The first-order chi connectivity index (χ1) is 7.83. The van der Waals surface area contributed by atoms with E-state index in [9.17, 15) is 4.79 Å². The molecule has 2 rings (SSSR count). The molecule has 1 heterocycles. The van der Waals surface area contributed by atoms with E-state index in [1.165, 1.54) is 0 Å². The second-order valence-electron chi connectivity index (χ2n) is 3.15. The van der Waals surface area contributed by atoms with Crippen LogP contribution in [-0.4, -0.2) is 18.4 Å². The molecule has 0 radical (unpaired) electrons. The Bertz CT molecular complexity index is 470. The van der Waals surface area contributed by atoms with Gasteiger partial charge in [0.15, 0.2) is 5.13 Å². The second-order valence-corrected chi connectivity index (χ2v) is 4.03. The Hall–Kier alpha value is -1.88. The molecule has 0 fully saturated rings. The first-order valence-electron chi connectivity index (χ1n) is 4.75. The molecule has 0 unspecified atom stereocenters. The molecule has 0 atom stereocenters. The van der Waals surface area contributed by atoms with Crippen LogP contribution in [0.25, 0.3) is 0 Å². The maximum Gasteiger partial charge on any atom is 0.211 e. The van der Waals surface area contributed by atoms with Gasteiger partial charge in [0.1, 0.15) is 0 Å². The summed E-state index contributed by atoms with van der Waals surface area (Å²) in [7, 11) is 1.92. The first kappa shape index (κ1) is 10.6. The van der Waals surface area contributed by atoms with Crippen LogP contribution in [0.15, 0.2) is 35.8 Å². The van der Waals surface area contributed by atoms with Gasteiger partial charge >= 0.3 is 0 Å². The van der Waals surface area contributed by atoms with Crippen LogP contribution in [0.2, 0.25) is 0 Å². The number of hydrogen-bond donors (Lipinski definition) is 1. The monoisotopic (exact) mass is 233 g/mol. The molecule has 0 aliphatic rings. The summed E-state index contributed by atoms with van der Waals surface area (Å²) in [5, 5.41) is 5.48. The molecule has 1 aromatic heterocycles. The zero-order chi connectivity index (χ0) is 11.4. The molecule has 1 aromatic carbocycles. The van der Waals surface area contributed by atoms with Gasteiger partial charge in [0.05, 0.1) is 11.4 Å². The minimum absolute atomic E-state index is 0.675. The largest absolute Gasteiger partial charge is 0.327 e. The van der Waals surface area contributed by atoms with Crippen molar-refractivity contribution in [2.45, 2.75) is 0 Å². The van der Waals surface area contributed by atoms with Gasteiger partial charge in [-0.05, 0) is 12.1 Å². The number of rotatable bonds is 4. The third kappa shape index (κ3) is 2.04. The highest BCUT2D eigenvalue weighted by atomic mass is 32.1. The Morgan fingerprint density at radius 3 is 2.94 bits per heavy atom. The molecule has 82 valence electrons. The van der Waals surface area contributed by atoms with Crippen LogP contribution in [0.1, 0.15) is 0 Å². The van der Waals surface area contributed by atoms with Crippen molar-refractivity contribution in [2.24, 2.45) is 0 Å². The Labute approximate surface area is 97.5 Å². The second kappa shape index (κ2) is 4.76. The van der Waals surface area contributed by atoms with Crippen molar-refractivity contribution >= 4 is 34.3 Å². The lowest BCUT2D eigenvalue weighted by Crippen LogP contribution is -2.11. The number of aromatic nitrogens is 1. The van der Waals surface area contributed by atoms with Crippen molar-refractivity contribution in [3.05, 3.63) is 35.8 Å². The van der Waals surface area contributed by atoms with Crippen LogP contribution in [0, 0.1) is 0 Å². The van der Waals surface area contributed by atoms with E-state index in [-0.39, 0.29) is 0 Å². The molecule has 0 saturated heterocycles. The summed E-state index contributed by atoms with van der Waals surface area (Å²) in [5.74, 6) is 0. The number of thiazole rings is 1. The Morgan fingerprint density at radius 1 is 1.44 bits per heavy atom. The highest BCUT2D eigenvalue weighted by Crippen LogP contribution is 2.31. The first-order valence-corrected chi connectivity index (χ1v) is 5.63. The predicted molar refractivity (Wildman–Crippen MR) is 66.3 cm³/mol. The van der Waals surface area contributed by atoms with E-state index in [1.807, 2.05) is 41.6 Å². The third-order valence-electron chi connectivity index (χ3n) is 2.19.